The van der Waals surface area contributed by atoms with Crippen molar-refractivity contribution in [3.8, 4) is 0 Å². The van der Waals surface area contributed by atoms with Gasteiger partial charge in [-0.15, -0.1) is 0 Å². The van der Waals surface area contributed by atoms with Crippen LogP contribution in [0.1, 0.15) is 50.2 Å². The summed E-state index contributed by atoms with van der Waals surface area (Å²) in [6.45, 7) is 3.16. The molecule has 218 valence electrons. The Kier molecular flexibility index (Phi) is 10.0. The molecule has 1 aliphatic carbocycles. The van der Waals surface area contributed by atoms with Crippen molar-refractivity contribution in [1.82, 2.24) is 10.2 Å². The Morgan fingerprint density at radius 1 is 0.976 bits per heavy atom. The minimum Gasteiger partial charge on any atom is -0.352 e. The number of aryl methyl sites for hydroxylation is 1. The molecule has 1 aliphatic rings. The number of nitrogens with one attached hydrogen (secondary N) is 1. The predicted molar refractivity (Wildman–Crippen MR) is 159 cm³/mol. The van der Waals surface area contributed by atoms with E-state index >= 15 is 0 Å². The smallest absolute Gasteiger partial charge is 0.264 e. The molecule has 1 fully saturated rings. The molecule has 0 aliphatic heterocycles. The summed E-state index contributed by atoms with van der Waals surface area (Å²) in [6.07, 6.45) is 4.19. The molecule has 1 saturated carbocycles. The third kappa shape index (κ3) is 7.65. The van der Waals surface area contributed by atoms with Crippen molar-refractivity contribution in [2.45, 2.75) is 69.5 Å². The molecule has 3 aromatic carbocycles. The maximum absolute atomic E-state index is 14.1. The summed E-state index contributed by atoms with van der Waals surface area (Å²) in [5, 5.41) is 3.62. The van der Waals surface area contributed by atoms with Crippen molar-refractivity contribution in [3.05, 3.63) is 94.8 Å². The van der Waals surface area contributed by atoms with Gasteiger partial charge in [-0.1, -0.05) is 61.2 Å². The highest BCUT2D eigenvalue weighted by atomic mass is 35.5. The summed E-state index contributed by atoms with van der Waals surface area (Å²) in [7, 11) is -4.22. The molecule has 10 heteroatoms. The number of sulfonamides is 1. The van der Waals surface area contributed by atoms with Crippen molar-refractivity contribution in [1.29, 1.82) is 0 Å². The monoisotopic (exact) mass is 599 g/mol. The van der Waals surface area contributed by atoms with E-state index in [1.165, 1.54) is 29.2 Å². The van der Waals surface area contributed by atoms with Crippen LogP contribution in [0.4, 0.5) is 10.1 Å². The van der Waals surface area contributed by atoms with Gasteiger partial charge in [0.1, 0.15) is 18.4 Å². The fourth-order valence-corrected chi connectivity index (χ4v) is 6.59. The van der Waals surface area contributed by atoms with Crippen LogP contribution in [0, 0.1) is 12.7 Å². The van der Waals surface area contributed by atoms with Gasteiger partial charge in [0.25, 0.3) is 10.0 Å². The lowest BCUT2D eigenvalue weighted by atomic mass is 10.1. The average molecular weight is 600 g/mol. The van der Waals surface area contributed by atoms with Crippen molar-refractivity contribution >= 4 is 39.1 Å². The van der Waals surface area contributed by atoms with E-state index in [-0.39, 0.29) is 29.1 Å². The first-order valence-electron chi connectivity index (χ1n) is 13.8. The van der Waals surface area contributed by atoms with Gasteiger partial charge in [-0.25, -0.2) is 12.8 Å². The molecule has 1 atom stereocenters. The maximum Gasteiger partial charge on any atom is 0.264 e. The Balaban J connectivity index is 1.70. The number of carbonyl (C=O) groups is 2. The van der Waals surface area contributed by atoms with Gasteiger partial charge in [0.05, 0.1) is 10.6 Å². The van der Waals surface area contributed by atoms with E-state index in [0.717, 1.165) is 53.2 Å². The average Bonchev–Trinajstić information content (AvgIpc) is 3.46. The molecule has 3 aromatic rings. The van der Waals surface area contributed by atoms with E-state index in [9.17, 15) is 22.4 Å². The molecule has 0 radical (unpaired) electrons. The molecule has 0 saturated heterocycles. The van der Waals surface area contributed by atoms with Crippen LogP contribution in [-0.2, 0) is 26.2 Å². The summed E-state index contributed by atoms with van der Waals surface area (Å²) in [5.41, 5.74) is 1.75. The van der Waals surface area contributed by atoms with E-state index in [4.69, 9.17) is 11.6 Å². The van der Waals surface area contributed by atoms with Gasteiger partial charge < -0.3 is 10.2 Å². The Labute approximate surface area is 246 Å². The molecule has 0 bridgehead atoms. The molecular formula is C31H35ClFN3O4S. The second-order valence-electron chi connectivity index (χ2n) is 10.4. The summed E-state index contributed by atoms with van der Waals surface area (Å²) in [5.74, 6) is -1.36. The molecule has 0 heterocycles. The zero-order chi connectivity index (χ0) is 29.6. The number of halogens is 2. The molecule has 1 unspecified atom stereocenters. The summed E-state index contributed by atoms with van der Waals surface area (Å²) in [4.78, 5) is 29.0. The summed E-state index contributed by atoms with van der Waals surface area (Å²) in [6, 6.07) is 17.4. The number of hydrogen-bond acceptors (Lipinski definition) is 4. The highest BCUT2D eigenvalue weighted by molar-refractivity contribution is 7.92. The molecule has 41 heavy (non-hydrogen) atoms. The van der Waals surface area contributed by atoms with Crippen LogP contribution in [0.25, 0.3) is 0 Å². The van der Waals surface area contributed by atoms with Crippen LogP contribution >= 0.6 is 11.6 Å². The Bertz CT molecular complexity index is 1440. The lowest BCUT2D eigenvalue weighted by Crippen LogP contribution is -2.53. The third-order valence-corrected chi connectivity index (χ3v) is 9.40. The normalized spacial score (nSPS) is 14.4. The minimum absolute atomic E-state index is 0.00417. The molecule has 7 nitrogen and oxygen atoms in total. The highest BCUT2D eigenvalue weighted by Crippen LogP contribution is 2.26. The minimum atomic E-state index is -4.22. The van der Waals surface area contributed by atoms with Gasteiger partial charge in [0, 0.05) is 17.6 Å². The number of nitrogens with zero attached hydrogens (tertiary/aromatic N) is 2. The van der Waals surface area contributed by atoms with E-state index < -0.39 is 34.3 Å². The van der Waals surface area contributed by atoms with E-state index in [1.807, 2.05) is 13.8 Å². The predicted octanol–water partition coefficient (Wildman–Crippen LogP) is 5.85. The van der Waals surface area contributed by atoms with Crippen molar-refractivity contribution in [2.75, 3.05) is 10.8 Å². The Morgan fingerprint density at radius 2 is 1.59 bits per heavy atom. The Hall–Kier alpha value is -3.43. The number of anilines is 1. The van der Waals surface area contributed by atoms with Crippen LogP contribution in [0.5, 0.6) is 0 Å². The molecule has 1 N–H and O–H groups in total. The fourth-order valence-electron chi connectivity index (χ4n) is 5.05. The number of benzene rings is 3. The Morgan fingerprint density at radius 3 is 2.17 bits per heavy atom. The van der Waals surface area contributed by atoms with Gasteiger partial charge in [-0.3, -0.25) is 13.9 Å². The zero-order valence-electron chi connectivity index (χ0n) is 23.2. The van der Waals surface area contributed by atoms with Gasteiger partial charge in [-0.05, 0) is 80.3 Å². The van der Waals surface area contributed by atoms with Crippen LogP contribution in [-0.4, -0.2) is 43.8 Å². The standard InChI is InChI=1S/C31H35ClFN3O4S/c1-3-29(31(38)34-26-6-4-5-7-26)35(20-23-10-12-24(32)13-11-23)30(37)21-36(27-16-14-25(33)15-17-27)41(39,40)28-18-8-22(2)9-19-28/h8-19,26,29H,3-7,20-21H2,1-2H3,(H,34,38). The van der Waals surface area contributed by atoms with Crippen LogP contribution < -0.4 is 9.62 Å². The van der Waals surface area contributed by atoms with Crippen LogP contribution in [0.15, 0.2) is 77.7 Å². The number of amides is 2. The lowest BCUT2D eigenvalue weighted by molar-refractivity contribution is -0.140. The molecule has 2 amide bonds. The first kappa shape index (κ1) is 30.5. The SMILES string of the molecule is CCC(C(=O)NC1CCCC1)N(Cc1ccc(Cl)cc1)C(=O)CN(c1ccc(F)cc1)S(=O)(=O)c1ccc(C)cc1. The van der Waals surface area contributed by atoms with Gasteiger partial charge in [-0.2, -0.15) is 0 Å². The highest BCUT2D eigenvalue weighted by Gasteiger charge is 2.34. The van der Waals surface area contributed by atoms with E-state index in [1.54, 1.807) is 36.4 Å². The quantitative estimate of drug-likeness (QED) is 0.300. The zero-order valence-corrected chi connectivity index (χ0v) is 24.8. The second-order valence-corrected chi connectivity index (χ2v) is 12.7. The molecule has 0 aromatic heterocycles. The number of hydrogen-bond donors (Lipinski definition) is 1. The third-order valence-electron chi connectivity index (χ3n) is 7.36. The summed E-state index contributed by atoms with van der Waals surface area (Å²) < 4.78 is 42.5. The lowest BCUT2D eigenvalue weighted by Gasteiger charge is -2.33. The first-order valence-corrected chi connectivity index (χ1v) is 15.6. The topological polar surface area (TPSA) is 86.8 Å². The van der Waals surface area contributed by atoms with E-state index in [2.05, 4.69) is 5.32 Å². The van der Waals surface area contributed by atoms with Crippen molar-refractivity contribution in [2.24, 2.45) is 0 Å². The second kappa shape index (κ2) is 13.5. The number of carbonyl (C=O) groups excluding carboxylic acids is 2. The first-order chi connectivity index (χ1) is 19.6. The van der Waals surface area contributed by atoms with Crippen LogP contribution in [0.2, 0.25) is 5.02 Å². The molecule has 0 spiro atoms. The van der Waals surface area contributed by atoms with Gasteiger partial charge in [0.15, 0.2) is 0 Å². The number of rotatable bonds is 11. The van der Waals surface area contributed by atoms with Crippen molar-refractivity contribution in [3.63, 3.8) is 0 Å². The van der Waals surface area contributed by atoms with Crippen molar-refractivity contribution < 1.29 is 22.4 Å². The summed E-state index contributed by atoms with van der Waals surface area (Å²) >= 11 is 6.07. The molecule has 4 rings (SSSR count). The van der Waals surface area contributed by atoms with E-state index in [0.29, 0.717) is 11.4 Å². The fraction of sp³-hybridized carbons (Fsp3) is 0.355. The van der Waals surface area contributed by atoms with Gasteiger partial charge >= 0.3 is 0 Å². The van der Waals surface area contributed by atoms with Crippen LogP contribution in [0.3, 0.4) is 0 Å². The largest absolute Gasteiger partial charge is 0.352 e. The van der Waals surface area contributed by atoms with Gasteiger partial charge in [0.2, 0.25) is 11.8 Å². The molecular weight excluding hydrogens is 565 g/mol. The maximum atomic E-state index is 14.1.